The molecule has 212 valence electrons. The molecule has 4 heterocycles. The van der Waals surface area contributed by atoms with Crippen LogP contribution >= 0.6 is 11.6 Å². The average Bonchev–Trinajstić information content (AvgIpc) is 3.61. The Labute approximate surface area is 234 Å². The van der Waals surface area contributed by atoms with Crippen LogP contribution < -0.4 is 10.6 Å². The number of nitrogens with zero attached hydrogens (tertiary/aromatic N) is 4. The Balaban J connectivity index is 1.26. The highest BCUT2D eigenvalue weighted by Gasteiger charge is 2.41. The second-order valence-corrected chi connectivity index (χ2v) is 9.57. The minimum Gasteiger partial charge on any atom is -0.380 e. The number of pyridine rings is 2. The fourth-order valence-corrected chi connectivity index (χ4v) is 4.38. The van der Waals surface area contributed by atoms with E-state index in [-0.39, 0.29) is 53.8 Å². The predicted octanol–water partition coefficient (Wildman–Crippen LogP) is 4.84. The van der Waals surface area contributed by atoms with Crippen LogP contribution in [0.5, 0.6) is 0 Å². The van der Waals surface area contributed by atoms with Crippen molar-refractivity contribution in [1.82, 2.24) is 25.3 Å². The molecular weight excluding hydrogens is 570 g/mol. The van der Waals surface area contributed by atoms with Gasteiger partial charge in [-0.1, -0.05) is 11.6 Å². The molecule has 0 bridgehead atoms. The van der Waals surface area contributed by atoms with Gasteiger partial charge in [-0.2, -0.15) is 13.2 Å². The third kappa shape index (κ3) is 6.18. The topological polar surface area (TPSA) is 134 Å². The van der Waals surface area contributed by atoms with Gasteiger partial charge in [0.15, 0.2) is 5.65 Å². The number of aromatic nitrogens is 4. The molecule has 3 aromatic heterocycles. The summed E-state index contributed by atoms with van der Waals surface area (Å²) in [5.41, 5.74) is -1.21. The summed E-state index contributed by atoms with van der Waals surface area (Å²) in [5, 5.41) is 5.31. The first-order chi connectivity index (χ1) is 19.5. The number of benzene rings is 1. The van der Waals surface area contributed by atoms with E-state index < -0.39 is 34.8 Å². The molecule has 0 aliphatic carbocycles. The van der Waals surface area contributed by atoms with E-state index in [0.29, 0.717) is 17.2 Å². The molecule has 41 heavy (non-hydrogen) atoms. The molecule has 1 aliphatic rings. The highest BCUT2D eigenvalue weighted by molar-refractivity contribution is 6.31. The van der Waals surface area contributed by atoms with Gasteiger partial charge >= 0.3 is 6.18 Å². The van der Waals surface area contributed by atoms with Crippen molar-refractivity contribution in [3.05, 3.63) is 76.7 Å². The molecule has 1 atom stereocenters. The zero-order chi connectivity index (χ0) is 29.2. The van der Waals surface area contributed by atoms with Crippen molar-refractivity contribution in [3.8, 4) is 0 Å². The van der Waals surface area contributed by atoms with Gasteiger partial charge in [-0.25, -0.2) is 19.4 Å². The van der Waals surface area contributed by atoms with E-state index in [4.69, 9.17) is 16.3 Å². The number of aliphatic imine (C=N–C) groups is 1. The lowest BCUT2D eigenvalue weighted by Crippen LogP contribution is -2.42. The zero-order valence-electron chi connectivity index (χ0n) is 20.9. The Bertz CT molecular complexity index is 1650. The maximum Gasteiger partial charge on any atom is 0.418 e. The molecule has 4 aromatic rings. The Morgan fingerprint density at radius 1 is 1.17 bits per heavy atom. The number of hydrogen-bond donors (Lipinski definition) is 3. The van der Waals surface area contributed by atoms with Crippen LogP contribution in [0.25, 0.3) is 11.2 Å². The first-order valence-electron chi connectivity index (χ1n) is 12.1. The van der Waals surface area contributed by atoms with E-state index in [1.165, 1.54) is 31.0 Å². The van der Waals surface area contributed by atoms with E-state index in [1.54, 1.807) is 6.07 Å². The molecule has 1 saturated heterocycles. The molecular formula is C26H20ClF4N7O3. The van der Waals surface area contributed by atoms with Gasteiger partial charge in [-0.3, -0.25) is 14.6 Å². The molecule has 0 unspecified atom stereocenters. The fourth-order valence-electron chi connectivity index (χ4n) is 4.14. The van der Waals surface area contributed by atoms with Crippen molar-refractivity contribution in [2.45, 2.75) is 19.1 Å². The maximum atomic E-state index is 13.4. The molecule has 0 radical (unpaired) electrons. The van der Waals surface area contributed by atoms with Crippen LogP contribution in [0.15, 0.2) is 54.0 Å². The van der Waals surface area contributed by atoms with Crippen molar-refractivity contribution in [2.75, 3.05) is 18.5 Å². The van der Waals surface area contributed by atoms with Gasteiger partial charge in [-0.05, 0) is 36.8 Å². The number of alkyl halides is 3. The summed E-state index contributed by atoms with van der Waals surface area (Å²) in [5.74, 6) is -2.11. The summed E-state index contributed by atoms with van der Waals surface area (Å²) in [4.78, 5) is 44.9. The number of amides is 2. The first kappa shape index (κ1) is 28.1. The number of rotatable bonds is 7. The smallest absolute Gasteiger partial charge is 0.380 e. The Morgan fingerprint density at radius 2 is 2.00 bits per heavy atom. The SMILES string of the molecule is O=C(N=C[C@@]1(C(=O)NCc2ncc(Nc3ccc(F)cc3C(F)(F)F)cc2Cl)CCOC1)c1cnc2nc[nH]c2c1. The van der Waals surface area contributed by atoms with Crippen LogP contribution in [0.3, 0.4) is 0 Å². The molecule has 3 N–H and O–H groups in total. The number of nitrogens with one attached hydrogen (secondary N) is 3. The monoisotopic (exact) mass is 589 g/mol. The number of halogens is 5. The highest BCUT2D eigenvalue weighted by Crippen LogP contribution is 2.37. The number of fused-ring (bicyclic) bond motifs is 1. The van der Waals surface area contributed by atoms with Crippen molar-refractivity contribution < 1.29 is 31.9 Å². The largest absolute Gasteiger partial charge is 0.418 e. The summed E-state index contributed by atoms with van der Waals surface area (Å²) in [7, 11) is 0. The van der Waals surface area contributed by atoms with E-state index in [2.05, 4.69) is 35.6 Å². The summed E-state index contributed by atoms with van der Waals surface area (Å²) in [6.45, 7) is 0.154. The van der Waals surface area contributed by atoms with Crippen molar-refractivity contribution in [2.24, 2.45) is 10.4 Å². The molecule has 5 rings (SSSR count). The van der Waals surface area contributed by atoms with E-state index in [0.717, 1.165) is 12.1 Å². The quantitative estimate of drug-likeness (QED) is 0.207. The standard InChI is InChI=1S/C26H20ClF4N7O3/c27-18-7-16(38-19-2-1-15(28)6-17(19)26(29,30)31)9-32-21(18)10-34-24(40)25(3-4-41-12-25)11-35-23(39)14-5-20-22(33-8-14)37-13-36-20/h1-2,5-9,11,13,38H,3-4,10,12H2,(H,34,40)(H,33,36,37)/t25-/m0/s1. The number of imidazole rings is 1. The normalized spacial score (nSPS) is 17.3. The third-order valence-corrected chi connectivity index (χ3v) is 6.68. The number of hydrogen-bond acceptors (Lipinski definition) is 7. The summed E-state index contributed by atoms with van der Waals surface area (Å²) in [6, 6.07) is 5.12. The minimum atomic E-state index is -4.79. The lowest BCUT2D eigenvalue weighted by atomic mass is 9.87. The number of carbonyl (C=O) groups is 2. The molecule has 1 aliphatic heterocycles. The van der Waals surface area contributed by atoms with Crippen LogP contribution in [0.1, 0.15) is 28.0 Å². The molecule has 1 aromatic carbocycles. The van der Waals surface area contributed by atoms with Crippen LogP contribution in [0, 0.1) is 11.2 Å². The van der Waals surface area contributed by atoms with Crippen LogP contribution in [-0.4, -0.2) is 51.2 Å². The number of ether oxygens (including phenoxy) is 1. The lowest BCUT2D eigenvalue weighted by molar-refractivity contribution is -0.137. The van der Waals surface area contributed by atoms with Gasteiger partial charge in [-0.15, -0.1) is 0 Å². The Kier molecular flexibility index (Phi) is 7.69. The molecule has 0 saturated carbocycles. The maximum absolute atomic E-state index is 13.4. The van der Waals surface area contributed by atoms with Crippen LogP contribution in [0.2, 0.25) is 5.02 Å². The van der Waals surface area contributed by atoms with Gasteiger partial charge in [0.1, 0.15) is 11.2 Å². The number of aromatic amines is 1. The van der Waals surface area contributed by atoms with E-state index in [9.17, 15) is 27.2 Å². The van der Waals surface area contributed by atoms with Gasteiger partial charge in [0.25, 0.3) is 5.91 Å². The second kappa shape index (κ2) is 11.2. The second-order valence-electron chi connectivity index (χ2n) is 9.17. The highest BCUT2D eigenvalue weighted by atomic mass is 35.5. The van der Waals surface area contributed by atoms with Gasteiger partial charge in [0.05, 0.1) is 64.4 Å². The third-order valence-electron chi connectivity index (χ3n) is 6.35. The minimum absolute atomic E-state index is 0.00330. The van der Waals surface area contributed by atoms with Gasteiger partial charge in [0, 0.05) is 19.0 Å². The fraction of sp³-hybridized carbons (Fsp3) is 0.231. The number of anilines is 2. The Hall–Kier alpha value is -4.43. The van der Waals surface area contributed by atoms with Crippen molar-refractivity contribution in [3.63, 3.8) is 0 Å². The molecule has 10 nitrogen and oxygen atoms in total. The van der Waals surface area contributed by atoms with E-state index in [1.807, 2.05) is 0 Å². The predicted molar refractivity (Wildman–Crippen MR) is 140 cm³/mol. The number of carbonyl (C=O) groups excluding carboxylic acids is 2. The van der Waals surface area contributed by atoms with Crippen LogP contribution in [-0.2, 0) is 22.3 Å². The zero-order valence-corrected chi connectivity index (χ0v) is 21.7. The molecule has 15 heteroatoms. The van der Waals surface area contributed by atoms with Crippen LogP contribution in [0.4, 0.5) is 28.9 Å². The Morgan fingerprint density at radius 3 is 2.73 bits per heavy atom. The average molecular weight is 590 g/mol. The first-order valence-corrected chi connectivity index (χ1v) is 12.4. The molecule has 0 spiro atoms. The lowest BCUT2D eigenvalue weighted by Gasteiger charge is -2.21. The van der Waals surface area contributed by atoms with Gasteiger partial charge < -0.3 is 20.4 Å². The molecule has 2 amide bonds. The summed E-state index contributed by atoms with van der Waals surface area (Å²) in [6.07, 6.45) is 0.770. The molecule has 1 fully saturated rings. The number of H-pyrrole nitrogens is 1. The summed E-state index contributed by atoms with van der Waals surface area (Å²) < 4.78 is 58.7. The van der Waals surface area contributed by atoms with Crippen molar-refractivity contribution >= 4 is 52.2 Å². The van der Waals surface area contributed by atoms with E-state index >= 15 is 0 Å². The van der Waals surface area contributed by atoms with Crippen molar-refractivity contribution in [1.29, 1.82) is 0 Å². The summed E-state index contributed by atoms with van der Waals surface area (Å²) >= 11 is 6.29. The van der Waals surface area contributed by atoms with Gasteiger partial charge in [0.2, 0.25) is 5.91 Å².